The summed E-state index contributed by atoms with van der Waals surface area (Å²) in [7, 11) is -3.44. The molecule has 1 heterocycles. The van der Waals surface area contributed by atoms with Gasteiger partial charge in [-0.25, -0.2) is 8.42 Å². The fourth-order valence-corrected chi connectivity index (χ4v) is 3.04. The summed E-state index contributed by atoms with van der Waals surface area (Å²) in [4.78, 5) is 12.6. The fourth-order valence-electron chi connectivity index (χ4n) is 2.40. The van der Waals surface area contributed by atoms with Crippen LogP contribution in [-0.2, 0) is 9.84 Å². The number of hydrogen-bond acceptors (Lipinski definition) is 5. The summed E-state index contributed by atoms with van der Waals surface area (Å²) in [6.07, 6.45) is 3.03. The van der Waals surface area contributed by atoms with Crippen molar-refractivity contribution in [2.75, 3.05) is 24.2 Å². The Morgan fingerprint density at radius 1 is 1.30 bits per heavy atom. The van der Waals surface area contributed by atoms with Crippen LogP contribution in [0.2, 0.25) is 0 Å². The van der Waals surface area contributed by atoms with E-state index in [1.54, 1.807) is 6.07 Å². The highest BCUT2D eigenvalue weighted by atomic mass is 32.2. The van der Waals surface area contributed by atoms with Crippen LogP contribution in [0, 0.1) is 16.0 Å². The third-order valence-electron chi connectivity index (χ3n) is 3.70. The van der Waals surface area contributed by atoms with Crippen LogP contribution in [0.4, 0.5) is 11.4 Å². The first-order valence-electron chi connectivity index (χ1n) is 6.52. The van der Waals surface area contributed by atoms with Crippen LogP contribution >= 0.6 is 0 Å². The molecule has 1 aliphatic heterocycles. The smallest absolute Gasteiger partial charge is 0.293 e. The van der Waals surface area contributed by atoms with Crippen molar-refractivity contribution in [3.63, 3.8) is 0 Å². The van der Waals surface area contributed by atoms with Crippen molar-refractivity contribution in [3.8, 4) is 0 Å². The molecule has 0 amide bonds. The predicted molar refractivity (Wildman–Crippen MR) is 76.8 cm³/mol. The van der Waals surface area contributed by atoms with Gasteiger partial charge in [-0.3, -0.25) is 10.1 Å². The second kappa shape index (κ2) is 5.40. The van der Waals surface area contributed by atoms with Crippen LogP contribution in [0.15, 0.2) is 23.1 Å². The van der Waals surface area contributed by atoms with Crippen LogP contribution in [-0.4, -0.2) is 32.7 Å². The standard InChI is InChI=1S/C13H18N2O4S/c1-10-5-7-14(8-6-10)12-4-3-11(20(2,18)19)9-13(12)15(16)17/h3-4,9-10H,5-8H2,1-2H3. The lowest BCUT2D eigenvalue weighted by molar-refractivity contribution is -0.384. The molecule has 1 aromatic carbocycles. The summed E-state index contributed by atoms with van der Waals surface area (Å²) in [6.45, 7) is 3.69. The molecule has 0 spiro atoms. The van der Waals surface area contributed by atoms with E-state index in [0.717, 1.165) is 38.3 Å². The first kappa shape index (κ1) is 14.8. The highest BCUT2D eigenvalue weighted by Crippen LogP contribution is 2.33. The summed E-state index contributed by atoms with van der Waals surface area (Å²) < 4.78 is 23.0. The van der Waals surface area contributed by atoms with E-state index < -0.39 is 14.8 Å². The first-order chi connectivity index (χ1) is 9.29. The molecule has 0 aromatic heterocycles. The van der Waals surface area contributed by atoms with E-state index in [9.17, 15) is 18.5 Å². The Bertz CT molecular complexity index is 619. The van der Waals surface area contributed by atoms with Crippen LogP contribution in [0.25, 0.3) is 0 Å². The van der Waals surface area contributed by atoms with Gasteiger partial charge in [0, 0.05) is 25.4 Å². The average molecular weight is 298 g/mol. The molecule has 0 bridgehead atoms. The van der Waals surface area contributed by atoms with Gasteiger partial charge in [-0.1, -0.05) is 6.92 Å². The van der Waals surface area contributed by atoms with E-state index >= 15 is 0 Å². The minimum atomic E-state index is -3.44. The van der Waals surface area contributed by atoms with Crippen LogP contribution < -0.4 is 4.90 Å². The summed E-state index contributed by atoms with van der Waals surface area (Å²) >= 11 is 0. The molecule has 0 N–H and O–H groups in total. The molecule has 1 fully saturated rings. The minimum absolute atomic E-state index is 0.0154. The summed E-state index contributed by atoms with van der Waals surface area (Å²) in [5, 5.41) is 11.2. The van der Waals surface area contributed by atoms with Crippen molar-refractivity contribution in [2.24, 2.45) is 5.92 Å². The molecule has 2 rings (SSSR count). The number of piperidine rings is 1. The lowest BCUT2D eigenvalue weighted by Crippen LogP contribution is -2.33. The Morgan fingerprint density at radius 3 is 2.40 bits per heavy atom. The monoisotopic (exact) mass is 298 g/mol. The molecule has 6 nitrogen and oxygen atoms in total. The number of nitro groups is 1. The zero-order valence-electron chi connectivity index (χ0n) is 11.6. The maximum Gasteiger partial charge on any atom is 0.293 e. The number of rotatable bonds is 3. The van der Waals surface area contributed by atoms with Crippen molar-refractivity contribution in [1.29, 1.82) is 0 Å². The van der Waals surface area contributed by atoms with Gasteiger partial charge in [0.15, 0.2) is 9.84 Å². The third-order valence-corrected chi connectivity index (χ3v) is 4.81. The summed E-state index contributed by atoms with van der Waals surface area (Å²) in [6, 6.07) is 4.14. The lowest BCUT2D eigenvalue weighted by atomic mass is 9.98. The molecule has 110 valence electrons. The van der Waals surface area contributed by atoms with E-state index in [2.05, 4.69) is 6.92 Å². The Kier molecular flexibility index (Phi) is 3.99. The van der Waals surface area contributed by atoms with Gasteiger partial charge >= 0.3 is 0 Å². The maximum atomic E-state index is 11.5. The first-order valence-corrected chi connectivity index (χ1v) is 8.41. The van der Waals surface area contributed by atoms with Crippen molar-refractivity contribution >= 4 is 21.2 Å². The quantitative estimate of drug-likeness (QED) is 0.631. The zero-order valence-corrected chi connectivity index (χ0v) is 12.4. The Morgan fingerprint density at radius 2 is 1.90 bits per heavy atom. The number of benzene rings is 1. The van der Waals surface area contributed by atoms with Gasteiger partial charge in [0.1, 0.15) is 5.69 Å². The van der Waals surface area contributed by atoms with Gasteiger partial charge in [0.05, 0.1) is 9.82 Å². The molecule has 0 atom stereocenters. The van der Waals surface area contributed by atoms with Crippen molar-refractivity contribution < 1.29 is 13.3 Å². The van der Waals surface area contributed by atoms with Gasteiger partial charge in [-0.15, -0.1) is 0 Å². The number of hydrogen-bond donors (Lipinski definition) is 0. The molecule has 0 aliphatic carbocycles. The van der Waals surface area contributed by atoms with Crippen molar-refractivity contribution in [1.82, 2.24) is 0 Å². The van der Waals surface area contributed by atoms with E-state index in [0.29, 0.717) is 11.6 Å². The second-order valence-electron chi connectivity index (χ2n) is 5.35. The molecule has 1 aliphatic rings. The van der Waals surface area contributed by atoms with E-state index in [-0.39, 0.29) is 10.6 Å². The number of nitro benzene ring substituents is 1. The topological polar surface area (TPSA) is 80.5 Å². The number of anilines is 1. The van der Waals surface area contributed by atoms with Gasteiger partial charge < -0.3 is 4.90 Å². The fraction of sp³-hybridized carbons (Fsp3) is 0.538. The van der Waals surface area contributed by atoms with Crippen LogP contribution in [0.5, 0.6) is 0 Å². The zero-order chi connectivity index (χ0) is 14.9. The third kappa shape index (κ3) is 3.09. The molecule has 0 unspecified atom stereocenters. The van der Waals surface area contributed by atoms with E-state index in [1.807, 2.05) is 4.90 Å². The molecule has 20 heavy (non-hydrogen) atoms. The van der Waals surface area contributed by atoms with Gasteiger partial charge in [-0.2, -0.15) is 0 Å². The Labute approximate surface area is 118 Å². The average Bonchev–Trinajstić information content (AvgIpc) is 2.38. The molecule has 1 saturated heterocycles. The van der Waals surface area contributed by atoms with Crippen molar-refractivity contribution in [3.05, 3.63) is 28.3 Å². The SMILES string of the molecule is CC1CCN(c2ccc(S(C)(=O)=O)cc2[N+](=O)[O-])CC1. The molecule has 0 saturated carbocycles. The molecule has 0 radical (unpaired) electrons. The largest absolute Gasteiger partial charge is 0.366 e. The predicted octanol–water partition coefficient (Wildman–Crippen LogP) is 2.23. The molecule has 7 heteroatoms. The Balaban J connectivity index is 2.41. The van der Waals surface area contributed by atoms with Crippen molar-refractivity contribution in [2.45, 2.75) is 24.7 Å². The molecule has 1 aromatic rings. The highest BCUT2D eigenvalue weighted by molar-refractivity contribution is 7.90. The second-order valence-corrected chi connectivity index (χ2v) is 7.37. The van der Waals surface area contributed by atoms with Gasteiger partial charge in [0.2, 0.25) is 0 Å². The molecular weight excluding hydrogens is 280 g/mol. The van der Waals surface area contributed by atoms with E-state index in [4.69, 9.17) is 0 Å². The minimum Gasteiger partial charge on any atom is -0.366 e. The molecular formula is C13H18N2O4S. The lowest BCUT2D eigenvalue weighted by Gasteiger charge is -2.31. The van der Waals surface area contributed by atoms with Crippen LogP contribution in [0.1, 0.15) is 19.8 Å². The normalized spacial score (nSPS) is 17.2. The van der Waals surface area contributed by atoms with Crippen LogP contribution in [0.3, 0.4) is 0 Å². The number of sulfone groups is 1. The highest BCUT2D eigenvalue weighted by Gasteiger charge is 2.25. The Hall–Kier alpha value is -1.63. The van der Waals surface area contributed by atoms with Gasteiger partial charge in [-0.05, 0) is 30.9 Å². The summed E-state index contributed by atoms with van der Waals surface area (Å²) in [5.41, 5.74) is 0.372. The number of nitrogens with zero attached hydrogens (tertiary/aromatic N) is 2. The van der Waals surface area contributed by atoms with Gasteiger partial charge in [0.25, 0.3) is 5.69 Å². The maximum absolute atomic E-state index is 11.5. The van der Waals surface area contributed by atoms with E-state index in [1.165, 1.54) is 6.07 Å². The summed E-state index contributed by atoms with van der Waals surface area (Å²) in [5.74, 6) is 0.626.